The van der Waals surface area contributed by atoms with Crippen molar-refractivity contribution in [1.29, 1.82) is 0 Å². The predicted molar refractivity (Wildman–Crippen MR) is 100 cm³/mol. The zero-order valence-electron chi connectivity index (χ0n) is 15.5. The number of carbonyl (C=O) groups excluding carboxylic acids is 2. The monoisotopic (exact) mass is 370 g/mol. The Hall–Kier alpha value is -3.22. The van der Waals surface area contributed by atoms with Crippen LogP contribution in [-0.4, -0.2) is 35.4 Å². The number of benzene rings is 2. The van der Waals surface area contributed by atoms with Crippen LogP contribution in [0.5, 0.6) is 0 Å². The van der Waals surface area contributed by atoms with Gasteiger partial charge in [0, 0.05) is 24.2 Å². The third-order valence-electron chi connectivity index (χ3n) is 4.41. The van der Waals surface area contributed by atoms with E-state index in [1.165, 1.54) is 31.4 Å². The number of hydrogen-bond donors (Lipinski definition) is 0. The van der Waals surface area contributed by atoms with Crippen LogP contribution in [0.15, 0.2) is 54.6 Å². The van der Waals surface area contributed by atoms with Crippen LogP contribution in [0.2, 0.25) is 0 Å². The van der Waals surface area contributed by atoms with Gasteiger partial charge in [-0.25, -0.2) is 0 Å². The molecule has 0 aromatic heterocycles. The van der Waals surface area contributed by atoms with Gasteiger partial charge in [0.05, 0.1) is 24.0 Å². The third-order valence-corrected chi connectivity index (χ3v) is 4.41. The van der Waals surface area contributed by atoms with Crippen molar-refractivity contribution in [3.05, 3.63) is 75.8 Å². The maximum atomic E-state index is 13.1. The van der Waals surface area contributed by atoms with Crippen molar-refractivity contribution < 1.29 is 19.2 Å². The molecule has 1 amide bonds. The van der Waals surface area contributed by atoms with E-state index in [-0.39, 0.29) is 24.2 Å². The second-order valence-corrected chi connectivity index (χ2v) is 6.27. The van der Waals surface area contributed by atoms with Gasteiger partial charge in [0.15, 0.2) is 0 Å². The maximum absolute atomic E-state index is 13.1. The van der Waals surface area contributed by atoms with E-state index in [0.29, 0.717) is 5.56 Å². The Morgan fingerprint density at radius 2 is 1.67 bits per heavy atom. The van der Waals surface area contributed by atoms with Gasteiger partial charge in [0.2, 0.25) is 0 Å². The van der Waals surface area contributed by atoms with E-state index in [1.54, 1.807) is 11.8 Å². The van der Waals surface area contributed by atoms with Crippen LogP contribution in [0.1, 0.15) is 35.8 Å². The topological polar surface area (TPSA) is 89.8 Å². The zero-order valence-corrected chi connectivity index (χ0v) is 15.5. The maximum Gasteiger partial charge on any atom is 0.310 e. The van der Waals surface area contributed by atoms with Crippen molar-refractivity contribution >= 4 is 17.6 Å². The molecule has 2 unspecified atom stereocenters. The minimum atomic E-state index is -0.516. The van der Waals surface area contributed by atoms with Crippen LogP contribution in [-0.2, 0) is 9.53 Å². The molecule has 0 aliphatic rings. The Morgan fingerprint density at radius 1 is 1.07 bits per heavy atom. The predicted octanol–water partition coefficient (Wildman–Crippen LogP) is 3.61. The number of methoxy groups -OCH3 is 1. The van der Waals surface area contributed by atoms with E-state index >= 15 is 0 Å². The van der Waals surface area contributed by atoms with Crippen molar-refractivity contribution in [2.45, 2.75) is 19.9 Å². The lowest BCUT2D eigenvalue weighted by molar-refractivity contribution is -0.384. The van der Waals surface area contributed by atoms with Gasteiger partial charge in [0.25, 0.3) is 11.6 Å². The summed E-state index contributed by atoms with van der Waals surface area (Å²) in [7, 11) is 1.31. The first-order valence-electron chi connectivity index (χ1n) is 8.53. The number of carbonyl (C=O) groups is 2. The summed E-state index contributed by atoms with van der Waals surface area (Å²) in [5.74, 6) is -1.23. The molecule has 0 saturated heterocycles. The van der Waals surface area contributed by atoms with Gasteiger partial charge in [-0.3, -0.25) is 19.7 Å². The molecule has 0 aliphatic carbocycles. The van der Waals surface area contributed by atoms with Crippen molar-refractivity contribution in [3.8, 4) is 0 Å². The lowest BCUT2D eigenvalue weighted by Crippen LogP contribution is -2.39. The van der Waals surface area contributed by atoms with Gasteiger partial charge in [-0.1, -0.05) is 37.3 Å². The first kappa shape index (κ1) is 20.1. The van der Waals surface area contributed by atoms with E-state index in [1.807, 2.05) is 37.3 Å². The van der Waals surface area contributed by atoms with Crippen LogP contribution in [0.25, 0.3) is 0 Å². The quantitative estimate of drug-likeness (QED) is 0.422. The number of hydrogen-bond acceptors (Lipinski definition) is 5. The highest BCUT2D eigenvalue weighted by atomic mass is 16.6. The third kappa shape index (κ3) is 4.91. The Balaban J connectivity index is 2.33. The Kier molecular flexibility index (Phi) is 6.65. The summed E-state index contributed by atoms with van der Waals surface area (Å²) in [4.78, 5) is 36.8. The summed E-state index contributed by atoms with van der Waals surface area (Å²) >= 11 is 0. The van der Waals surface area contributed by atoms with Crippen LogP contribution in [0.3, 0.4) is 0 Å². The zero-order chi connectivity index (χ0) is 20.0. The normalized spacial score (nSPS) is 12.7. The SMILES string of the molecule is COC(=O)C(C)CN(C(=O)c1ccc([N+](=O)[O-])cc1)C(C)c1ccccc1. The number of nitro groups is 1. The highest BCUT2D eigenvalue weighted by Crippen LogP contribution is 2.24. The Labute approximate surface area is 157 Å². The fraction of sp³-hybridized carbons (Fsp3) is 0.300. The molecule has 0 fully saturated rings. The fourth-order valence-electron chi connectivity index (χ4n) is 2.79. The Bertz CT molecular complexity index is 805. The van der Waals surface area contributed by atoms with Crippen LogP contribution >= 0.6 is 0 Å². The molecule has 0 N–H and O–H groups in total. The molecule has 0 saturated carbocycles. The number of nitro benzene ring substituents is 1. The van der Waals surface area contributed by atoms with E-state index in [2.05, 4.69) is 0 Å². The Morgan fingerprint density at radius 3 is 2.19 bits per heavy atom. The van der Waals surface area contributed by atoms with E-state index < -0.39 is 16.8 Å². The summed E-state index contributed by atoms with van der Waals surface area (Å²) in [6, 6.07) is 14.6. The van der Waals surface area contributed by atoms with Crippen molar-refractivity contribution in [3.63, 3.8) is 0 Å². The van der Waals surface area contributed by atoms with Gasteiger partial charge >= 0.3 is 5.97 Å². The molecular formula is C20H22N2O5. The molecule has 0 spiro atoms. The average molecular weight is 370 g/mol. The number of non-ortho nitro benzene ring substituents is 1. The smallest absolute Gasteiger partial charge is 0.310 e. The summed E-state index contributed by atoms with van der Waals surface area (Å²) < 4.78 is 4.77. The minimum Gasteiger partial charge on any atom is -0.469 e. The molecule has 0 bridgehead atoms. The molecule has 0 heterocycles. The first-order valence-corrected chi connectivity index (χ1v) is 8.53. The molecule has 27 heavy (non-hydrogen) atoms. The van der Waals surface area contributed by atoms with Crippen molar-refractivity contribution in [1.82, 2.24) is 4.90 Å². The average Bonchev–Trinajstić information content (AvgIpc) is 2.70. The van der Waals surface area contributed by atoms with Gasteiger partial charge in [-0.15, -0.1) is 0 Å². The summed E-state index contributed by atoms with van der Waals surface area (Å²) in [5.41, 5.74) is 1.16. The molecule has 2 aromatic rings. The second-order valence-electron chi connectivity index (χ2n) is 6.27. The van der Waals surface area contributed by atoms with E-state index in [9.17, 15) is 19.7 Å². The van der Waals surface area contributed by atoms with Gasteiger partial charge in [0.1, 0.15) is 0 Å². The standard InChI is InChI=1S/C20H22N2O5/c1-14(20(24)27-3)13-21(15(2)16-7-5-4-6-8-16)19(23)17-9-11-18(12-10-17)22(25)26/h4-12,14-15H,13H2,1-3H3. The number of amides is 1. The summed E-state index contributed by atoms with van der Waals surface area (Å²) in [6.45, 7) is 3.74. The van der Waals surface area contributed by atoms with Crippen LogP contribution in [0, 0.1) is 16.0 Å². The molecule has 0 radical (unpaired) electrons. The number of ether oxygens (including phenoxy) is 1. The van der Waals surface area contributed by atoms with E-state index in [0.717, 1.165) is 5.56 Å². The molecular weight excluding hydrogens is 348 g/mol. The van der Waals surface area contributed by atoms with Gasteiger partial charge < -0.3 is 9.64 Å². The summed E-state index contributed by atoms with van der Waals surface area (Å²) in [6.07, 6.45) is 0. The minimum absolute atomic E-state index is 0.0860. The summed E-state index contributed by atoms with van der Waals surface area (Å²) in [5, 5.41) is 10.8. The highest BCUT2D eigenvalue weighted by Gasteiger charge is 2.27. The van der Waals surface area contributed by atoms with Crippen molar-refractivity contribution in [2.24, 2.45) is 5.92 Å². The van der Waals surface area contributed by atoms with Crippen LogP contribution in [0.4, 0.5) is 5.69 Å². The highest BCUT2D eigenvalue weighted by molar-refractivity contribution is 5.95. The number of rotatable bonds is 7. The van der Waals surface area contributed by atoms with Gasteiger partial charge in [-0.05, 0) is 24.6 Å². The lowest BCUT2D eigenvalue weighted by Gasteiger charge is -2.31. The fourth-order valence-corrected chi connectivity index (χ4v) is 2.79. The van der Waals surface area contributed by atoms with Crippen molar-refractivity contribution in [2.75, 3.05) is 13.7 Å². The molecule has 142 valence electrons. The second kappa shape index (κ2) is 8.93. The first-order chi connectivity index (χ1) is 12.8. The molecule has 2 rings (SSSR count). The molecule has 2 atom stereocenters. The molecule has 2 aromatic carbocycles. The van der Waals surface area contributed by atoms with Crippen LogP contribution < -0.4 is 0 Å². The number of nitrogens with zero attached hydrogens (tertiary/aromatic N) is 2. The molecule has 7 nitrogen and oxygen atoms in total. The van der Waals surface area contributed by atoms with Gasteiger partial charge in [-0.2, -0.15) is 0 Å². The molecule has 7 heteroatoms. The largest absolute Gasteiger partial charge is 0.469 e. The lowest BCUT2D eigenvalue weighted by atomic mass is 10.0. The van der Waals surface area contributed by atoms with E-state index in [4.69, 9.17) is 4.74 Å². The number of esters is 1. The molecule has 0 aliphatic heterocycles.